The second kappa shape index (κ2) is 11.6. The van der Waals surface area contributed by atoms with Crippen LogP contribution in [0.2, 0.25) is 0 Å². The third-order valence-electron chi connectivity index (χ3n) is 6.36. The molecule has 2 saturated carbocycles. The Hall–Kier alpha value is -1.35. The van der Waals surface area contributed by atoms with E-state index in [0.717, 1.165) is 44.9 Å². The Labute approximate surface area is 169 Å². The number of hydrogen-bond acceptors (Lipinski definition) is 4. The van der Waals surface area contributed by atoms with Gasteiger partial charge in [0.15, 0.2) is 0 Å². The molecule has 158 valence electrons. The van der Waals surface area contributed by atoms with E-state index in [4.69, 9.17) is 9.84 Å². The first-order valence-electron chi connectivity index (χ1n) is 10.6. The van der Waals surface area contributed by atoms with Crippen molar-refractivity contribution in [2.45, 2.75) is 71.0 Å². The third kappa shape index (κ3) is 7.24. The highest BCUT2D eigenvalue weighted by Gasteiger charge is 2.46. The summed E-state index contributed by atoms with van der Waals surface area (Å²) < 4.78 is 5.17. The number of aliphatic hydroxyl groups excluding tert-OH is 2. The molecule has 28 heavy (non-hydrogen) atoms. The number of aliphatic hydroxyl groups is 2. The molecule has 2 aliphatic rings. The van der Waals surface area contributed by atoms with Gasteiger partial charge in [0.25, 0.3) is 0 Å². The van der Waals surface area contributed by atoms with Crippen LogP contribution in [0.4, 0.5) is 0 Å². The number of carboxylic acid groups (broad SMARTS) is 1. The highest BCUT2D eigenvalue weighted by molar-refractivity contribution is 5.67. The van der Waals surface area contributed by atoms with E-state index in [2.05, 4.69) is 18.8 Å². The van der Waals surface area contributed by atoms with Crippen LogP contribution in [0, 0.1) is 41.4 Å². The Morgan fingerprint density at radius 2 is 2.11 bits per heavy atom. The highest BCUT2D eigenvalue weighted by Crippen LogP contribution is 2.51. The Balaban J connectivity index is 1.77. The number of hydrogen-bond donors (Lipinski definition) is 3. The van der Waals surface area contributed by atoms with Crippen LogP contribution in [-0.4, -0.2) is 46.7 Å². The van der Waals surface area contributed by atoms with Crippen molar-refractivity contribution in [1.82, 2.24) is 0 Å². The largest absolute Gasteiger partial charge is 0.480 e. The van der Waals surface area contributed by atoms with E-state index in [0.29, 0.717) is 30.3 Å². The fourth-order valence-electron chi connectivity index (χ4n) is 5.00. The van der Waals surface area contributed by atoms with Gasteiger partial charge in [-0.3, -0.25) is 0 Å². The number of rotatable bonds is 11. The van der Waals surface area contributed by atoms with Gasteiger partial charge in [0, 0.05) is 18.9 Å². The molecular weight excluding hydrogens is 356 g/mol. The summed E-state index contributed by atoms with van der Waals surface area (Å²) in [6, 6.07) is 0. The Morgan fingerprint density at radius 3 is 2.82 bits per heavy atom. The molecule has 0 bridgehead atoms. The number of ether oxygens (including phenoxy) is 1. The number of aliphatic carboxylic acids is 1. The normalized spacial score (nSPS) is 31.4. The number of fused-ring (bicyclic) bond motifs is 1. The molecular formula is C23H36O5. The van der Waals surface area contributed by atoms with Gasteiger partial charge in [0.05, 0.1) is 12.2 Å². The summed E-state index contributed by atoms with van der Waals surface area (Å²) in [6.45, 7) is 4.24. The lowest BCUT2D eigenvalue weighted by atomic mass is 9.89. The van der Waals surface area contributed by atoms with Crippen LogP contribution < -0.4 is 0 Å². The zero-order valence-electron chi connectivity index (χ0n) is 17.2. The van der Waals surface area contributed by atoms with Gasteiger partial charge in [-0.05, 0) is 69.1 Å². The van der Waals surface area contributed by atoms with Gasteiger partial charge < -0.3 is 20.1 Å². The maximum absolute atomic E-state index is 10.5. The maximum atomic E-state index is 10.5. The molecule has 0 aliphatic heterocycles. The zero-order valence-corrected chi connectivity index (χ0v) is 17.2. The molecule has 0 radical (unpaired) electrons. The molecule has 2 rings (SSSR count). The first-order valence-corrected chi connectivity index (χ1v) is 10.6. The molecule has 3 unspecified atom stereocenters. The molecule has 0 amide bonds. The monoisotopic (exact) mass is 392 g/mol. The second-order valence-electron chi connectivity index (χ2n) is 8.64. The quantitative estimate of drug-likeness (QED) is 0.285. The molecule has 0 saturated heterocycles. The van der Waals surface area contributed by atoms with Gasteiger partial charge >= 0.3 is 5.97 Å². The van der Waals surface area contributed by atoms with Crippen molar-refractivity contribution in [2.24, 2.45) is 29.6 Å². The summed E-state index contributed by atoms with van der Waals surface area (Å²) in [5, 5.41) is 29.4. The summed E-state index contributed by atoms with van der Waals surface area (Å²) in [5.41, 5.74) is 0. The average Bonchev–Trinajstić information content (AvgIpc) is 3.13. The molecule has 0 aromatic heterocycles. The lowest BCUT2D eigenvalue weighted by Gasteiger charge is -2.20. The summed E-state index contributed by atoms with van der Waals surface area (Å²) >= 11 is 0. The minimum Gasteiger partial charge on any atom is -0.480 e. The van der Waals surface area contributed by atoms with Crippen molar-refractivity contribution < 1.29 is 24.9 Å². The lowest BCUT2D eigenvalue weighted by Crippen LogP contribution is -2.19. The van der Waals surface area contributed by atoms with E-state index in [1.54, 1.807) is 0 Å². The second-order valence-corrected chi connectivity index (χ2v) is 8.64. The molecule has 0 aromatic carbocycles. The molecule has 0 heterocycles. The molecule has 2 aliphatic carbocycles. The average molecular weight is 393 g/mol. The Kier molecular flexibility index (Phi) is 9.50. The van der Waals surface area contributed by atoms with Crippen molar-refractivity contribution in [1.29, 1.82) is 0 Å². The van der Waals surface area contributed by atoms with E-state index < -0.39 is 12.1 Å². The smallest absolute Gasteiger partial charge is 0.329 e. The maximum Gasteiger partial charge on any atom is 0.329 e. The molecule has 5 nitrogen and oxygen atoms in total. The van der Waals surface area contributed by atoms with Gasteiger partial charge in [0.2, 0.25) is 0 Å². The molecule has 5 heteroatoms. The van der Waals surface area contributed by atoms with E-state index in [1.165, 1.54) is 0 Å². The Morgan fingerprint density at radius 1 is 1.32 bits per heavy atom. The van der Waals surface area contributed by atoms with Gasteiger partial charge in [-0.2, -0.15) is 0 Å². The number of carboxylic acids is 1. The van der Waals surface area contributed by atoms with Crippen LogP contribution in [0.25, 0.3) is 0 Å². The highest BCUT2D eigenvalue weighted by atomic mass is 16.5. The topological polar surface area (TPSA) is 87.0 Å². The van der Waals surface area contributed by atoms with Crippen LogP contribution in [0.5, 0.6) is 0 Å². The minimum absolute atomic E-state index is 0.117. The molecule has 7 atom stereocenters. The van der Waals surface area contributed by atoms with Crippen molar-refractivity contribution >= 4 is 5.97 Å². The van der Waals surface area contributed by atoms with E-state index in [-0.39, 0.29) is 18.6 Å². The molecule has 0 spiro atoms. The van der Waals surface area contributed by atoms with E-state index in [9.17, 15) is 15.0 Å². The standard InChI is InChI=1S/C23H36O5/c1-3-4-5-6-16(2)11-19(24)7-8-20-21-13-17(9-10-28-15-23(26)27)12-18(21)14-22(20)25/h7-8,16-22,24-25H,5-6,9-15H2,1-2H3,(H,26,27)/t16?,17?,18-,19?,20-,21+,22-/m0/s1. The SMILES string of the molecule is CC#CCCC(C)CC(O)C=C[C@H]1[C@@H]2CC(CCOCC(=O)O)C[C@H]2C[C@@H]1O. The van der Waals surface area contributed by atoms with Crippen molar-refractivity contribution in [3.05, 3.63) is 12.2 Å². The molecule has 2 fully saturated rings. The van der Waals surface area contributed by atoms with Gasteiger partial charge in [-0.25, -0.2) is 4.79 Å². The van der Waals surface area contributed by atoms with Crippen LogP contribution in [0.15, 0.2) is 12.2 Å². The fourth-order valence-corrected chi connectivity index (χ4v) is 5.00. The lowest BCUT2D eigenvalue weighted by molar-refractivity contribution is -0.142. The van der Waals surface area contributed by atoms with Gasteiger partial charge in [-0.15, -0.1) is 11.8 Å². The van der Waals surface area contributed by atoms with Crippen molar-refractivity contribution in [2.75, 3.05) is 13.2 Å². The zero-order chi connectivity index (χ0) is 20.5. The predicted molar refractivity (Wildman–Crippen MR) is 109 cm³/mol. The van der Waals surface area contributed by atoms with Crippen LogP contribution in [0.3, 0.4) is 0 Å². The molecule has 0 aromatic rings. The Bertz CT molecular complexity index is 575. The van der Waals surface area contributed by atoms with Crippen molar-refractivity contribution in [3.8, 4) is 11.8 Å². The first kappa shape index (κ1) is 22.9. The van der Waals surface area contributed by atoms with Crippen LogP contribution >= 0.6 is 0 Å². The van der Waals surface area contributed by atoms with Crippen LogP contribution in [0.1, 0.15) is 58.8 Å². The summed E-state index contributed by atoms with van der Waals surface area (Å²) in [7, 11) is 0. The summed E-state index contributed by atoms with van der Waals surface area (Å²) in [6.07, 6.45) is 9.56. The van der Waals surface area contributed by atoms with Crippen LogP contribution in [-0.2, 0) is 9.53 Å². The van der Waals surface area contributed by atoms with Crippen molar-refractivity contribution in [3.63, 3.8) is 0 Å². The van der Waals surface area contributed by atoms with E-state index in [1.807, 2.05) is 19.1 Å². The van der Waals surface area contributed by atoms with E-state index >= 15 is 0 Å². The first-order chi connectivity index (χ1) is 13.4. The molecule has 3 N–H and O–H groups in total. The number of carbonyl (C=O) groups is 1. The van der Waals surface area contributed by atoms with Gasteiger partial charge in [-0.1, -0.05) is 19.1 Å². The fraction of sp³-hybridized carbons (Fsp3) is 0.783. The van der Waals surface area contributed by atoms with Gasteiger partial charge in [0.1, 0.15) is 6.61 Å². The minimum atomic E-state index is -0.928. The summed E-state index contributed by atoms with van der Waals surface area (Å²) in [4.78, 5) is 10.5. The third-order valence-corrected chi connectivity index (χ3v) is 6.36. The summed E-state index contributed by atoms with van der Waals surface area (Å²) in [5.74, 6) is 7.10. The predicted octanol–water partition coefficient (Wildman–Crippen LogP) is 3.25.